The van der Waals surface area contributed by atoms with Crippen molar-refractivity contribution in [3.63, 3.8) is 0 Å². The van der Waals surface area contributed by atoms with Gasteiger partial charge in [0.15, 0.2) is 5.91 Å². The van der Waals surface area contributed by atoms with Crippen molar-refractivity contribution in [2.75, 3.05) is 7.05 Å². The number of nitrogens with zero attached hydrogens (tertiary/aromatic N) is 1. The first-order valence-corrected chi connectivity index (χ1v) is 4.84. The Kier molecular flexibility index (Phi) is 4.48. The molecule has 1 aliphatic rings. The summed E-state index contributed by atoms with van der Waals surface area (Å²) in [7, 11) is 1.84. The quantitative estimate of drug-likeness (QED) is 0.593. The van der Waals surface area contributed by atoms with Gasteiger partial charge in [0.1, 0.15) is 0 Å². The third-order valence-corrected chi connectivity index (χ3v) is 2.91. The smallest absolute Gasteiger partial charge is 0.197 e. The first-order valence-electron chi connectivity index (χ1n) is 4.84. The van der Waals surface area contributed by atoms with E-state index in [-0.39, 0.29) is 50.6 Å². The van der Waals surface area contributed by atoms with Gasteiger partial charge in [0, 0.05) is 45.8 Å². The zero-order valence-corrected chi connectivity index (χ0v) is 11.7. The number of β-lactam (4-membered cyclic amide) rings is 1. The van der Waals surface area contributed by atoms with Gasteiger partial charge in [-0.3, -0.25) is 4.79 Å². The van der Waals surface area contributed by atoms with Gasteiger partial charge in [0.2, 0.25) is 0 Å². The maximum absolute atomic E-state index is 11.2. The molecule has 2 nitrogen and oxygen atoms in total. The van der Waals surface area contributed by atoms with Crippen LogP contribution in [0.25, 0.3) is 0 Å². The van der Waals surface area contributed by atoms with Crippen LogP contribution in [0.4, 0.5) is 0 Å². The molecule has 1 heterocycles. The first-order chi connectivity index (χ1) is 6.70. The van der Waals surface area contributed by atoms with E-state index in [9.17, 15) is 4.79 Å². The molecule has 2 unspecified atom stereocenters. The van der Waals surface area contributed by atoms with Gasteiger partial charge in [0.25, 0.3) is 0 Å². The fraction of sp³-hybridized carbons (Fsp3) is 0.333. The molecule has 1 aromatic rings. The van der Waals surface area contributed by atoms with E-state index in [2.05, 4.69) is 19.1 Å². The van der Waals surface area contributed by atoms with Crippen LogP contribution in [-0.4, -0.2) is 23.9 Å². The largest absolute Gasteiger partial charge is 0.346 e. The minimum atomic E-state index is -0.0554. The van der Waals surface area contributed by atoms with Crippen LogP contribution in [0.5, 0.6) is 0 Å². The number of benzene rings is 1. The molecule has 0 aliphatic carbocycles. The van der Waals surface area contributed by atoms with Crippen molar-refractivity contribution in [3.8, 4) is 0 Å². The average Bonchev–Trinajstić information content (AvgIpc) is 2.26. The third kappa shape index (κ3) is 2.48. The van der Waals surface area contributed by atoms with E-state index in [1.54, 1.807) is 4.90 Å². The van der Waals surface area contributed by atoms with Crippen molar-refractivity contribution in [2.45, 2.75) is 12.5 Å². The number of carbonyl (C=O) groups excluding carboxylic acids is 1. The molecule has 0 aromatic heterocycles. The van der Waals surface area contributed by atoms with E-state index in [1.165, 1.54) is 5.56 Å². The molecule has 0 N–H and O–H groups in total. The Morgan fingerprint density at radius 1 is 1.33 bits per heavy atom. The SMILES string of the molecule is [CH2-]C1C(=O)N(C)C1Cc1ccccc1.[Y]. The van der Waals surface area contributed by atoms with Crippen molar-refractivity contribution in [2.24, 2.45) is 5.92 Å². The van der Waals surface area contributed by atoms with Crippen LogP contribution in [0, 0.1) is 12.8 Å². The molecule has 1 fully saturated rings. The Morgan fingerprint density at radius 3 is 2.47 bits per heavy atom. The summed E-state index contributed by atoms with van der Waals surface area (Å²) >= 11 is 0. The Hall–Kier alpha value is -0.206. The Balaban J connectivity index is 0.00000112. The molecule has 2 atom stereocenters. The van der Waals surface area contributed by atoms with E-state index in [0.29, 0.717) is 0 Å². The molecule has 1 saturated heterocycles. The Bertz CT molecular complexity index is 327. The molecule has 1 radical (unpaired) electrons. The predicted octanol–water partition coefficient (Wildman–Crippen LogP) is 1.52. The second-order valence-corrected chi connectivity index (χ2v) is 3.81. The number of hydrogen-bond acceptors (Lipinski definition) is 1. The molecule has 0 saturated carbocycles. The predicted molar refractivity (Wildman–Crippen MR) is 55.6 cm³/mol. The zero-order valence-electron chi connectivity index (χ0n) is 8.89. The molecule has 1 amide bonds. The Morgan fingerprint density at radius 2 is 1.93 bits per heavy atom. The topological polar surface area (TPSA) is 20.3 Å². The number of carbonyl (C=O) groups is 1. The monoisotopic (exact) mass is 277 g/mol. The molecule has 0 spiro atoms. The molecule has 0 bridgehead atoms. The summed E-state index contributed by atoms with van der Waals surface area (Å²) in [6.07, 6.45) is 0.914. The summed E-state index contributed by atoms with van der Waals surface area (Å²) in [5, 5.41) is 0. The number of likely N-dealkylation sites (tertiary alicyclic amines) is 1. The molecular formula is C12H14NOY-. The molecule has 2 rings (SSSR count). The van der Waals surface area contributed by atoms with Crippen molar-refractivity contribution < 1.29 is 37.5 Å². The van der Waals surface area contributed by atoms with Gasteiger partial charge in [-0.25, -0.2) is 0 Å². The van der Waals surface area contributed by atoms with Gasteiger partial charge in [0.05, 0.1) is 0 Å². The van der Waals surface area contributed by atoms with Gasteiger partial charge >= 0.3 is 0 Å². The van der Waals surface area contributed by atoms with Gasteiger partial charge in [-0.2, -0.15) is 0 Å². The number of hydrogen-bond donors (Lipinski definition) is 0. The second kappa shape index (κ2) is 5.22. The van der Waals surface area contributed by atoms with Crippen LogP contribution in [0.2, 0.25) is 0 Å². The van der Waals surface area contributed by atoms with Gasteiger partial charge < -0.3 is 11.8 Å². The summed E-state index contributed by atoms with van der Waals surface area (Å²) in [6, 6.07) is 10.5. The minimum absolute atomic E-state index is 0. The van der Waals surface area contributed by atoms with Crippen LogP contribution in [0.1, 0.15) is 5.56 Å². The van der Waals surface area contributed by atoms with Crippen LogP contribution in [0.3, 0.4) is 0 Å². The van der Waals surface area contributed by atoms with Gasteiger partial charge in [-0.1, -0.05) is 36.2 Å². The number of amides is 1. The van der Waals surface area contributed by atoms with Gasteiger partial charge in [-0.15, -0.1) is 0 Å². The molecule has 77 valence electrons. The molecule has 3 heteroatoms. The molecule has 1 aromatic carbocycles. The van der Waals surface area contributed by atoms with Crippen LogP contribution < -0.4 is 0 Å². The van der Waals surface area contributed by atoms with Crippen molar-refractivity contribution in [1.29, 1.82) is 0 Å². The van der Waals surface area contributed by atoms with Crippen molar-refractivity contribution >= 4 is 5.91 Å². The van der Waals surface area contributed by atoms with Crippen LogP contribution >= 0.6 is 0 Å². The summed E-state index contributed by atoms with van der Waals surface area (Å²) in [5.74, 6) is 0.103. The van der Waals surface area contributed by atoms with Crippen molar-refractivity contribution in [3.05, 3.63) is 42.8 Å². The summed E-state index contributed by atoms with van der Waals surface area (Å²) in [4.78, 5) is 13.0. The molecular weight excluding hydrogens is 263 g/mol. The standard InChI is InChI=1S/C12H14NO.Y/c1-9-11(13(2)12(9)14)8-10-6-4-3-5-7-10;/h3-7,9,11H,1,8H2,2H3;/q-1;. The second-order valence-electron chi connectivity index (χ2n) is 3.81. The number of likely N-dealkylation sites (N-methyl/N-ethyl adjacent to an activating group) is 1. The van der Waals surface area contributed by atoms with E-state index >= 15 is 0 Å². The maximum atomic E-state index is 11.2. The summed E-state index contributed by atoms with van der Waals surface area (Å²) in [5.41, 5.74) is 1.27. The fourth-order valence-electron chi connectivity index (χ4n) is 1.91. The molecule has 1 aliphatic heterocycles. The van der Waals surface area contributed by atoms with E-state index in [1.807, 2.05) is 25.2 Å². The van der Waals surface area contributed by atoms with E-state index in [0.717, 1.165) is 6.42 Å². The summed E-state index contributed by atoms with van der Waals surface area (Å²) < 4.78 is 0. The number of rotatable bonds is 2. The Labute approximate surface area is 116 Å². The van der Waals surface area contributed by atoms with E-state index < -0.39 is 0 Å². The fourth-order valence-corrected chi connectivity index (χ4v) is 1.91. The molecule has 15 heavy (non-hydrogen) atoms. The average molecular weight is 277 g/mol. The van der Waals surface area contributed by atoms with Crippen molar-refractivity contribution in [1.82, 2.24) is 4.90 Å². The van der Waals surface area contributed by atoms with Gasteiger partial charge in [-0.05, 0) is 12.0 Å². The zero-order chi connectivity index (χ0) is 10.1. The third-order valence-electron chi connectivity index (χ3n) is 2.91. The van der Waals surface area contributed by atoms with Crippen LogP contribution in [-0.2, 0) is 43.9 Å². The minimum Gasteiger partial charge on any atom is -0.346 e. The summed E-state index contributed by atoms with van der Waals surface area (Å²) in [6.45, 7) is 3.86. The first kappa shape index (κ1) is 12.9. The normalized spacial score (nSPS) is 24.4. The maximum Gasteiger partial charge on any atom is 0.197 e. The van der Waals surface area contributed by atoms with Crippen LogP contribution in [0.15, 0.2) is 30.3 Å². The van der Waals surface area contributed by atoms with E-state index in [4.69, 9.17) is 0 Å².